The van der Waals surface area contributed by atoms with E-state index in [2.05, 4.69) is 15.6 Å². The minimum atomic E-state index is -0.256. The van der Waals surface area contributed by atoms with Crippen molar-refractivity contribution in [1.82, 2.24) is 20.3 Å². The first-order chi connectivity index (χ1) is 9.22. The second kappa shape index (κ2) is 5.28. The van der Waals surface area contributed by atoms with Crippen LogP contribution in [0.15, 0.2) is 6.20 Å². The molecule has 104 valence electrons. The zero-order chi connectivity index (χ0) is 13.2. The molecule has 0 bridgehead atoms. The van der Waals surface area contributed by atoms with Crippen LogP contribution in [0.25, 0.3) is 0 Å². The van der Waals surface area contributed by atoms with Gasteiger partial charge in [0.05, 0.1) is 11.8 Å². The Bertz CT molecular complexity index is 455. The third-order valence-electron chi connectivity index (χ3n) is 4.04. The highest BCUT2D eigenvalue weighted by Gasteiger charge is 2.27. The van der Waals surface area contributed by atoms with Gasteiger partial charge in [-0.1, -0.05) is 11.6 Å². The zero-order valence-electron chi connectivity index (χ0n) is 11.0. The first-order valence-electron chi connectivity index (χ1n) is 7.07. The van der Waals surface area contributed by atoms with Crippen LogP contribution in [0.4, 0.5) is 0 Å². The summed E-state index contributed by atoms with van der Waals surface area (Å²) in [5.74, 6) is 0.707. The summed E-state index contributed by atoms with van der Waals surface area (Å²) in [4.78, 5) is 11.8. The molecule has 2 N–H and O–H groups in total. The molecule has 1 amide bonds. The predicted octanol–water partition coefficient (Wildman–Crippen LogP) is 0.433. The van der Waals surface area contributed by atoms with Crippen LogP contribution < -0.4 is 5.32 Å². The molecule has 1 heterocycles. The van der Waals surface area contributed by atoms with E-state index in [0.29, 0.717) is 12.5 Å². The van der Waals surface area contributed by atoms with E-state index >= 15 is 0 Å². The van der Waals surface area contributed by atoms with E-state index in [0.717, 1.165) is 25.0 Å². The zero-order valence-corrected chi connectivity index (χ0v) is 11.0. The molecule has 0 saturated heterocycles. The van der Waals surface area contributed by atoms with Crippen molar-refractivity contribution in [2.45, 2.75) is 50.7 Å². The Hall–Kier alpha value is -1.43. The number of carbonyl (C=O) groups is 1. The van der Waals surface area contributed by atoms with E-state index in [9.17, 15) is 9.90 Å². The van der Waals surface area contributed by atoms with Crippen molar-refractivity contribution in [1.29, 1.82) is 0 Å². The van der Waals surface area contributed by atoms with Crippen LogP contribution >= 0.6 is 0 Å². The Balaban J connectivity index is 1.44. The summed E-state index contributed by atoms with van der Waals surface area (Å²) in [6, 6.07) is 0. The molecule has 2 aliphatic carbocycles. The van der Waals surface area contributed by atoms with Gasteiger partial charge in [0.25, 0.3) is 0 Å². The maximum absolute atomic E-state index is 11.8. The first-order valence-corrected chi connectivity index (χ1v) is 7.07. The molecule has 2 unspecified atom stereocenters. The van der Waals surface area contributed by atoms with Gasteiger partial charge in [-0.2, -0.15) is 0 Å². The van der Waals surface area contributed by atoms with Crippen molar-refractivity contribution < 1.29 is 9.90 Å². The van der Waals surface area contributed by atoms with E-state index in [4.69, 9.17) is 0 Å². The topological polar surface area (TPSA) is 80.0 Å². The van der Waals surface area contributed by atoms with E-state index in [1.165, 1.54) is 12.8 Å². The van der Waals surface area contributed by atoms with E-state index < -0.39 is 0 Å². The lowest BCUT2D eigenvalue weighted by Gasteiger charge is -2.14. The van der Waals surface area contributed by atoms with Gasteiger partial charge >= 0.3 is 0 Å². The van der Waals surface area contributed by atoms with Gasteiger partial charge < -0.3 is 10.4 Å². The molecule has 3 rings (SSSR count). The van der Waals surface area contributed by atoms with Crippen molar-refractivity contribution in [3.63, 3.8) is 0 Å². The average molecular weight is 264 g/mol. The lowest BCUT2D eigenvalue weighted by molar-refractivity contribution is -0.122. The Morgan fingerprint density at radius 2 is 2.26 bits per heavy atom. The Morgan fingerprint density at radius 1 is 1.42 bits per heavy atom. The number of aliphatic hydroxyl groups excluding tert-OH is 1. The maximum atomic E-state index is 11.8. The van der Waals surface area contributed by atoms with Gasteiger partial charge in [-0.3, -0.25) is 4.79 Å². The average Bonchev–Trinajstić information content (AvgIpc) is 3.01. The predicted molar refractivity (Wildman–Crippen MR) is 68.4 cm³/mol. The Morgan fingerprint density at radius 3 is 2.95 bits per heavy atom. The molecule has 2 fully saturated rings. The third-order valence-corrected chi connectivity index (χ3v) is 4.04. The van der Waals surface area contributed by atoms with Gasteiger partial charge in [0, 0.05) is 24.6 Å². The van der Waals surface area contributed by atoms with Gasteiger partial charge in [-0.25, -0.2) is 4.68 Å². The highest BCUT2D eigenvalue weighted by atomic mass is 16.3. The summed E-state index contributed by atoms with van der Waals surface area (Å²) in [5.41, 5.74) is 0.999. The Labute approximate surface area is 112 Å². The number of nitrogens with zero attached hydrogens (tertiary/aromatic N) is 3. The molecule has 6 nitrogen and oxygen atoms in total. The summed E-state index contributed by atoms with van der Waals surface area (Å²) in [7, 11) is 0. The molecule has 2 saturated carbocycles. The fourth-order valence-corrected chi connectivity index (χ4v) is 2.66. The van der Waals surface area contributed by atoms with E-state index in [1.54, 1.807) is 4.68 Å². The lowest BCUT2D eigenvalue weighted by atomic mass is 10.1. The number of amides is 1. The smallest absolute Gasteiger partial charge is 0.241 e. The number of aromatic nitrogens is 3. The molecule has 0 spiro atoms. The quantitative estimate of drug-likeness (QED) is 0.808. The van der Waals surface area contributed by atoms with Gasteiger partial charge in [-0.05, 0) is 25.7 Å². The van der Waals surface area contributed by atoms with Crippen LogP contribution in [0, 0.1) is 5.92 Å². The second-order valence-electron chi connectivity index (χ2n) is 5.68. The summed E-state index contributed by atoms with van der Waals surface area (Å²) in [6.07, 6.45) is 6.88. The largest absolute Gasteiger partial charge is 0.393 e. The first kappa shape index (κ1) is 12.6. The number of rotatable bonds is 5. The van der Waals surface area contributed by atoms with E-state index in [-0.39, 0.29) is 24.5 Å². The van der Waals surface area contributed by atoms with Crippen LogP contribution in [-0.2, 0) is 11.3 Å². The fourth-order valence-electron chi connectivity index (χ4n) is 2.66. The molecule has 6 heteroatoms. The minimum absolute atomic E-state index is 0.0636. The molecule has 0 aromatic carbocycles. The highest BCUT2D eigenvalue weighted by molar-refractivity contribution is 5.75. The number of hydrogen-bond donors (Lipinski definition) is 2. The minimum Gasteiger partial charge on any atom is -0.393 e. The third kappa shape index (κ3) is 3.12. The van der Waals surface area contributed by atoms with Crippen LogP contribution in [0.1, 0.15) is 43.7 Å². The SMILES string of the molecule is O=C(Cn1cc(C2CC2)nn1)NCC1CCCC1O. The van der Waals surface area contributed by atoms with Gasteiger partial charge in [0.2, 0.25) is 5.91 Å². The fraction of sp³-hybridized carbons (Fsp3) is 0.769. The lowest BCUT2D eigenvalue weighted by Crippen LogP contribution is -2.34. The summed E-state index contributed by atoms with van der Waals surface area (Å²) >= 11 is 0. The maximum Gasteiger partial charge on any atom is 0.241 e. The Kier molecular flexibility index (Phi) is 3.50. The van der Waals surface area contributed by atoms with Crippen molar-refractivity contribution in [2.24, 2.45) is 5.92 Å². The molecule has 2 atom stereocenters. The van der Waals surface area contributed by atoms with Crippen molar-refractivity contribution >= 4 is 5.91 Å². The van der Waals surface area contributed by atoms with Gasteiger partial charge in [0.1, 0.15) is 6.54 Å². The molecule has 19 heavy (non-hydrogen) atoms. The van der Waals surface area contributed by atoms with Crippen molar-refractivity contribution in [3.05, 3.63) is 11.9 Å². The molecule has 0 radical (unpaired) electrons. The molecule has 2 aliphatic rings. The van der Waals surface area contributed by atoms with Gasteiger partial charge in [0.15, 0.2) is 0 Å². The molecule has 1 aromatic heterocycles. The second-order valence-corrected chi connectivity index (χ2v) is 5.68. The summed E-state index contributed by atoms with van der Waals surface area (Å²) in [5, 5.41) is 20.6. The van der Waals surface area contributed by atoms with Crippen LogP contribution in [-0.4, -0.2) is 38.7 Å². The number of hydrogen-bond acceptors (Lipinski definition) is 4. The summed E-state index contributed by atoms with van der Waals surface area (Å²) in [6.45, 7) is 0.771. The number of carbonyl (C=O) groups excluding carboxylic acids is 1. The summed E-state index contributed by atoms with van der Waals surface area (Å²) < 4.78 is 1.59. The molecular weight excluding hydrogens is 244 g/mol. The molecule has 1 aromatic rings. The highest BCUT2D eigenvalue weighted by Crippen LogP contribution is 2.38. The van der Waals surface area contributed by atoms with Crippen LogP contribution in [0.3, 0.4) is 0 Å². The normalized spacial score (nSPS) is 26.6. The standard InChI is InChI=1S/C13H20N4O2/c18-12-3-1-2-10(12)6-14-13(19)8-17-7-11(15-16-17)9-4-5-9/h7,9-10,12,18H,1-6,8H2,(H,14,19). The van der Waals surface area contributed by atoms with Crippen molar-refractivity contribution in [3.8, 4) is 0 Å². The van der Waals surface area contributed by atoms with Crippen LogP contribution in [0.5, 0.6) is 0 Å². The molecular formula is C13H20N4O2. The number of nitrogens with one attached hydrogen (secondary N) is 1. The van der Waals surface area contributed by atoms with Crippen LogP contribution in [0.2, 0.25) is 0 Å². The van der Waals surface area contributed by atoms with Crippen molar-refractivity contribution in [2.75, 3.05) is 6.54 Å². The van der Waals surface area contributed by atoms with Gasteiger partial charge in [-0.15, -0.1) is 5.10 Å². The monoisotopic (exact) mass is 264 g/mol. The number of aliphatic hydroxyl groups is 1. The molecule has 0 aliphatic heterocycles. The van der Waals surface area contributed by atoms with E-state index in [1.807, 2.05) is 6.20 Å².